The number of nitrogens with one attached hydrogen (secondary N) is 1. The molecule has 0 aliphatic heterocycles. The fourth-order valence-electron chi connectivity index (χ4n) is 4.12. The van der Waals surface area contributed by atoms with Crippen molar-refractivity contribution in [1.29, 1.82) is 0 Å². The molecule has 0 atom stereocenters. The summed E-state index contributed by atoms with van der Waals surface area (Å²) in [5.74, 6) is 2.18. The zero-order valence-corrected chi connectivity index (χ0v) is 17.0. The van der Waals surface area contributed by atoms with Crippen LogP contribution in [0.1, 0.15) is 43.5 Å². The highest BCUT2D eigenvalue weighted by molar-refractivity contribution is 5.49. The van der Waals surface area contributed by atoms with Crippen LogP contribution in [0.2, 0.25) is 0 Å². The second-order valence-electron chi connectivity index (χ2n) is 7.44. The van der Waals surface area contributed by atoms with Gasteiger partial charge in [0.2, 0.25) is 0 Å². The van der Waals surface area contributed by atoms with Gasteiger partial charge >= 0.3 is 0 Å². The minimum Gasteiger partial charge on any atom is -0.493 e. The number of tetrazole rings is 1. The molecule has 1 heterocycles. The first-order valence-corrected chi connectivity index (χ1v) is 10.1. The van der Waals surface area contributed by atoms with Crippen LogP contribution in [-0.2, 0) is 12.1 Å². The smallest absolute Gasteiger partial charge is 0.176 e. The van der Waals surface area contributed by atoms with Crippen LogP contribution < -0.4 is 14.8 Å². The van der Waals surface area contributed by atoms with Gasteiger partial charge in [0.25, 0.3) is 0 Å². The van der Waals surface area contributed by atoms with Crippen molar-refractivity contribution < 1.29 is 9.47 Å². The van der Waals surface area contributed by atoms with Crippen molar-refractivity contribution in [2.75, 3.05) is 14.2 Å². The van der Waals surface area contributed by atoms with Crippen LogP contribution in [0, 0.1) is 0 Å². The number of hydrogen-bond donors (Lipinski definition) is 1. The van der Waals surface area contributed by atoms with Crippen LogP contribution in [0.5, 0.6) is 11.5 Å². The molecule has 29 heavy (non-hydrogen) atoms. The minimum atomic E-state index is -0.259. The van der Waals surface area contributed by atoms with Gasteiger partial charge in [-0.3, -0.25) is 0 Å². The maximum absolute atomic E-state index is 5.47. The van der Waals surface area contributed by atoms with Crippen molar-refractivity contribution in [1.82, 2.24) is 25.5 Å². The first-order valence-electron chi connectivity index (χ1n) is 10.1. The van der Waals surface area contributed by atoms with Crippen molar-refractivity contribution in [2.24, 2.45) is 0 Å². The summed E-state index contributed by atoms with van der Waals surface area (Å²) in [5, 5.41) is 16.6. The Morgan fingerprint density at radius 1 is 0.966 bits per heavy atom. The third kappa shape index (κ3) is 3.96. The standard InChI is InChI=1S/C22H27N5O2/c1-28-19-12-11-18(15-20(19)29-2)27-21(24-25-26-27)22(13-7-4-8-14-22)23-16-17-9-5-3-6-10-17/h3,5-6,9-12,15,23H,4,7-8,13-14,16H2,1-2H3. The molecule has 1 N–H and O–H groups in total. The summed E-state index contributed by atoms with van der Waals surface area (Å²) in [5.41, 5.74) is 1.85. The summed E-state index contributed by atoms with van der Waals surface area (Å²) >= 11 is 0. The number of nitrogens with zero attached hydrogens (tertiary/aromatic N) is 4. The first kappa shape index (κ1) is 19.4. The molecule has 0 saturated heterocycles. The molecule has 0 spiro atoms. The lowest BCUT2D eigenvalue weighted by Crippen LogP contribution is -2.45. The summed E-state index contributed by atoms with van der Waals surface area (Å²) in [7, 11) is 3.26. The lowest BCUT2D eigenvalue weighted by Gasteiger charge is -2.37. The topological polar surface area (TPSA) is 74.1 Å². The zero-order valence-electron chi connectivity index (χ0n) is 17.0. The van der Waals surface area contributed by atoms with E-state index in [0.29, 0.717) is 11.5 Å². The molecule has 1 saturated carbocycles. The number of ether oxygens (including phenoxy) is 2. The number of methoxy groups -OCH3 is 2. The van der Waals surface area contributed by atoms with E-state index in [0.717, 1.165) is 43.7 Å². The predicted molar refractivity (Wildman–Crippen MR) is 110 cm³/mol. The molecule has 152 valence electrons. The van der Waals surface area contributed by atoms with Crippen molar-refractivity contribution in [3.8, 4) is 17.2 Å². The van der Waals surface area contributed by atoms with E-state index in [-0.39, 0.29) is 5.54 Å². The fraction of sp³-hybridized carbons (Fsp3) is 0.409. The Morgan fingerprint density at radius 2 is 1.72 bits per heavy atom. The SMILES string of the molecule is COc1ccc(-n2nnnc2C2(NCc3ccccc3)CCCCC2)cc1OC. The van der Waals surface area contributed by atoms with Crippen LogP contribution >= 0.6 is 0 Å². The van der Waals surface area contributed by atoms with E-state index in [9.17, 15) is 0 Å². The summed E-state index contributed by atoms with van der Waals surface area (Å²) in [6.45, 7) is 0.777. The average Bonchev–Trinajstić information content (AvgIpc) is 3.29. The number of rotatable bonds is 7. The Balaban J connectivity index is 1.69. The van der Waals surface area contributed by atoms with E-state index in [1.165, 1.54) is 12.0 Å². The van der Waals surface area contributed by atoms with Gasteiger partial charge in [-0.1, -0.05) is 49.6 Å². The lowest BCUT2D eigenvalue weighted by molar-refractivity contribution is 0.214. The highest BCUT2D eigenvalue weighted by Crippen LogP contribution is 2.38. The third-order valence-corrected chi connectivity index (χ3v) is 5.69. The molecule has 0 unspecified atom stereocenters. The minimum absolute atomic E-state index is 0.259. The highest BCUT2D eigenvalue weighted by atomic mass is 16.5. The van der Waals surface area contributed by atoms with Crippen LogP contribution in [0.25, 0.3) is 5.69 Å². The van der Waals surface area contributed by atoms with E-state index in [4.69, 9.17) is 9.47 Å². The maximum Gasteiger partial charge on any atom is 0.176 e. The monoisotopic (exact) mass is 393 g/mol. The molecule has 1 fully saturated rings. The molecule has 0 amide bonds. The quantitative estimate of drug-likeness (QED) is 0.661. The zero-order chi connectivity index (χ0) is 20.1. The fourth-order valence-corrected chi connectivity index (χ4v) is 4.12. The Labute approximate surface area is 171 Å². The number of benzene rings is 2. The number of aromatic nitrogens is 4. The molecule has 3 aromatic rings. The molecule has 4 rings (SSSR count). The molecule has 7 nitrogen and oxygen atoms in total. The van der Waals surface area contributed by atoms with Crippen LogP contribution in [-0.4, -0.2) is 34.4 Å². The molecule has 7 heteroatoms. The molecule has 1 aliphatic rings. The van der Waals surface area contributed by atoms with Gasteiger partial charge in [0.05, 0.1) is 25.4 Å². The van der Waals surface area contributed by atoms with Crippen LogP contribution in [0.4, 0.5) is 0 Å². The Hall–Kier alpha value is -2.93. The summed E-state index contributed by atoms with van der Waals surface area (Å²) in [6.07, 6.45) is 5.56. The molecular weight excluding hydrogens is 366 g/mol. The van der Waals surface area contributed by atoms with Crippen LogP contribution in [0.3, 0.4) is 0 Å². The first-order chi connectivity index (χ1) is 14.3. The van der Waals surface area contributed by atoms with Crippen LogP contribution in [0.15, 0.2) is 48.5 Å². The molecular formula is C22H27N5O2. The second-order valence-corrected chi connectivity index (χ2v) is 7.44. The van der Waals surface area contributed by atoms with Gasteiger partial charge in [0.1, 0.15) is 0 Å². The van der Waals surface area contributed by atoms with E-state index in [1.54, 1.807) is 14.2 Å². The van der Waals surface area contributed by atoms with Gasteiger partial charge in [0.15, 0.2) is 17.3 Å². The lowest BCUT2D eigenvalue weighted by atomic mass is 9.80. The van der Waals surface area contributed by atoms with Gasteiger partial charge in [-0.05, 0) is 41.0 Å². The van der Waals surface area contributed by atoms with E-state index >= 15 is 0 Å². The molecule has 1 aliphatic carbocycles. The normalized spacial score (nSPS) is 15.8. The van der Waals surface area contributed by atoms with Gasteiger partial charge in [-0.25, -0.2) is 0 Å². The van der Waals surface area contributed by atoms with Gasteiger partial charge in [-0.15, -0.1) is 5.10 Å². The highest BCUT2D eigenvalue weighted by Gasteiger charge is 2.38. The molecule has 1 aromatic heterocycles. The van der Waals surface area contributed by atoms with Crippen molar-refractivity contribution in [3.05, 3.63) is 59.9 Å². The summed E-state index contributed by atoms with van der Waals surface area (Å²) in [4.78, 5) is 0. The van der Waals surface area contributed by atoms with Crippen molar-refractivity contribution >= 4 is 0 Å². The Kier molecular flexibility index (Phi) is 5.76. The predicted octanol–water partition coefficient (Wildman–Crippen LogP) is 3.63. The van der Waals surface area contributed by atoms with E-state index < -0.39 is 0 Å². The Bertz CT molecular complexity index is 935. The third-order valence-electron chi connectivity index (χ3n) is 5.69. The van der Waals surface area contributed by atoms with Crippen molar-refractivity contribution in [2.45, 2.75) is 44.2 Å². The molecule has 2 aromatic carbocycles. The Morgan fingerprint density at radius 3 is 2.45 bits per heavy atom. The molecule has 0 bridgehead atoms. The maximum atomic E-state index is 5.47. The van der Waals surface area contributed by atoms with E-state index in [1.807, 2.05) is 28.9 Å². The average molecular weight is 393 g/mol. The van der Waals surface area contributed by atoms with Gasteiger partial charge in [-0.2, -0.15) is 4.68 Å². The molecule has 0 radical (unpaired) electrons. The summed E-state index contributed by atoms with van der Waals surface area (Å²) in [6, 6.07) is 16.2. The second kappa shape index (κ2) is 8.61. The van der Waals surface area contributed by atoms with E-state index in [2.05, 4.69) is 45.1 Å². The largest absolute Gasteiger partial charge is 0.493 e. The van der Waals surface area contributed by atoms with Gasteiger partial charge in [0, 0.05) is 12.6 Å². The summed E-state index contributed by atoms with van der Waals surface area (Å²) < 4.78 is 12.7. The number of hydrogen-bond acceptors (Lipinski definition) is 6. The van der Waals surface area contributed by atoms with Gasteiger partial charge < -0.3 is 14.8 Å². The van der Waals surface area contributed by atoms with Crippen molar-refractivity contribution in [3.63, 3.8) is 0 Å².